The molecule has 1 amide bonds. The van der Waals surface area contributed by atoms with Gasteiger partial charge >= 0.3 is 0 Å². The largest absolute Gasteiger partial charge is 0.348 e. The quantitative estimate of drug-likeness (QED) is 0.854. The van der Waals surface area contributed by atoms with E-state index in [2.05, 4.69) is 20.3 Å². The molecule has 0 radical (unpaired) electrons. The molecule has 1 N–H and O–H groups in total. The predicted molar refractivity (Wildman–Crippen MR) is 62.2 cm³/mol. The van der Waals surface area contributed by atoms with E-state index in [0.29, 0.717) is 17.8 Å². The standard InChI is InChI=1S/C12H12N4O/c1-9-11(7-14-8-16-9)12(17)15-6-10-3-2-4-13-5-10/h2-5,7-8H,6H2,1H3,(H,15,17). The van der Waals surface area contributed by atoms with Gasteiger partial charge in [-0.25, -0.2) is 9.97 Å². The van der Waals surface area contributed by atoms with Crippen LogP contribution < -0.4 is 5.32 Å². The molecule has 0 aliphatic rings. The van der Waals surface area contributed by atoms with E-state index in [1.165, 1.54) is 12.5 Å². The summed E-state index contributed by atoms with van der Waals surface area (Å²) in [6.07, 6.45) is 6.35. The third-order valence-electron chi connectivity index (χ3n) is 2.33. The zero-order valence-corrected chi connectivity index (χ0v) is 9.42. The molecule has 0 aliphatic carbocycles. The van der Waals surface area contributed by atoms with Crippen molar-refractivity contribution >= 4 is 5.91 Å². The van der Waals surface area contributed by atoms with E-state index in [-0.39, 0.29) is 5.91 Å². The zero-order chi connectivity index (χ0) is 12.1. The van der Waals surface area contributed by atoms with Crippen LogP contribution in [0.5, 0.6) is 0 Å². The molecule has 5 nitrogen and oxygen atoms in total. The fourth-order valence-electron chi connectivity index (χ4n) is 1.39. The Labute approximate surface area is 99.0 Å². The Morgan fingerprint density at radius 1 is 1.35 bits per heavy atom. The Hall–Kier alpha value is -2.30. The number of carbonyl (C=O) groups excluding carboxylic acids is 1. The van der Waals surface area contributed by atoms with Gasteiger partial charge in [-0.1, -0.05) is 6.07 Å². The molecule has 0 aromatic carbocycles. The van der Waals surface area contributed by atoms with Crippen molar-refractivity contribution in [1.29, 1.82) is 0 Å². The fraction of sp³-hybridized carbons (Fsp3) is 0.167. The van der Waals surface area contributed by atoms with Crippen molar-refractivity contribution in [3.05, 3.63) is 53.9 Å². The van der Waals surface area contributed by atoms with Crippen molar-refractivity contribution < 1.29 is 4.79 Å². The SMILES string of the molecule is Cc1ncncc1C(=O)NCc1cccnc1. The second-order valence-electron chi connectivity index (χ2n) is 3.57. The summed E-state index contributed by atoms with van der Waals surface area (Å²) in [7, 11) is 0. The van der Waals surface area contributed by atoms with E-state index in [1.54, 1.807) is 19.3 Å². The van der Waals surface area contributed by atoms with Crippen molar-refractivity contribution in [2.45, 2.75) is 13.5 Å². The van der Waals surface area contributed by atoms with Crippen LogP contribution in [0.4, 0.5) is 0 Å². The monoisotopic (exact) mass is 228 g/mol. The number of hydrogen-bond acceptors (Lipinski definition) is 4. The van der Waals surface area contributed by atoms with E-state index in [9.17, 15) is 4.79 Å². The Bertz CT molecular complexity index is 513. The highest BCUT2D eigenvalue weighted by Gasteiger charge is 2.09. The summed E-state index contributed by atoms with van der Waals surface area (Å²) in [5.74, 6) is -0.174. The molecule has 0 spiro atoms. The Balaban J connectivity index is 2.01. The highest BCUT2D eigenvalue weighted by Crippen LogP contribution is 2.02. The third kappa shape index (κ3) is 2.84. The van der Waals surface area contributed by atoms with Crippen LogP contribution in [0.15, 0.2) is 37.1 Å². The molecule has 5 heteroatoms. The van der Waals surface area contributed by atoms with Gasteiger partial charge in [0.1, 0.15) is 6.33 Å². The zero-order valence-electron chi connectivity index (χ0n) is 9.42. The molecule has 0 saturated carbocycles. The lowest BCUT2D eigenvalue weighted by atomic mass is 10.2. The van der Waals surface area contributed by atoms with Crippen molar-refractivity contribution in [3.63, 3.8) is 0 Å². The van der Waals surface area contributed by atoms with Gasteiger partial charge in [0.15, 0.2) is 0 Å². The molecule has 0 atom stereocenters. The number of nitrogens with zero attached hydrogens (tertiary/aromatic N) is 3. The van der Waals surface area contributed by atoms with Gasteiger partial charge in [0.2, 0.25) is 0 Å². The molecular formula is C12H12N4O. The summed E-state index contributed by atoms with van der Waals surface area (Å²) in [6, 6.07) is 3.74. The molecule has 0 aliphatic heterocycles. The van der Waals surface area contributed by atoms with Gasteiger partial charge in [0.05, 0.1) is 11.3 Å². The molecule has 17 heavy (non-hydrogen) atoms. The average molecular weight is 228 g/mol. The second-order valence-corrected chi connectivity index (χ2v) is 3.57. The maximum absolute atomic E-state index is 11.8. The normalized spacial score (nSPS) is 9.94. The molecular weight excluding hydrogens is 216 g/mol. The molecule has 0 fully saturated rings. The smallest absolute Gasteiger partial charge is 0.254 e. The molecule has 0 bridgehead atoms. The van der Waals surface area contributed by atoms with Crippen molar-refractivity contribution in [2.75, 3.05) is 0 Å². The lowest BCUT2D eigenvalue weighted by Crippen LogP contribution is -2.24. The molecule has 2 aromatic rings. The van der Waals surface area contributed by atoms with E-state index in [0.717, 1.165) is 5.56 Å². The summed E-state index contributed by atoms with van der Waals surface area (Å²) in [4.78, 5) is 23.6. The molecule has 2 rings (SSSR count). The maximum Gasteiger partial charge on any atom is 0.254 e. The lowest BCUT2D eigenvalue weighted by Gasteiger charge is -2.06. The van der Waals surface area contributed by atoms with Gasteiger partial charge in [0, 0.05) is 25.1 Å². The predicted octanol–water partition coefficient (Wildman–Crippen LogP) is 1.11. The first-order valence-electron chi connectivity index (χ1n) is 5.21. The summed E-state index contributed by atoms with van der Waals surface area (Å²) >= 11 is 0. The van der Waals surface area contributed by atoms with Crippen LogP contribution in [0, 0.1) is 6.92 Å². The minimum Gasteiger partial charge on any atom is -0.348 e. The third-order valence-corrected chi connectivity index (χ3v) is 2.33. The Morgan fingerprint density at radius 3 is 2.94 bits per heavy atom. The van der Waals surface area contributed by atoms with Gasteiger partial charge < -0.3 is 5.32 Å². The van der Waals surface area contributed by atoms with E-state index >= 15 is 0 Å². The van der Waals surface area contributed by atoms with E-state index in [1.807, 2.05) is 12.1 Å². The summed E-state index contributed by atoms with van der Waals surface area (Å²) in [6.45, 7) is 2.22. The maximum atomic E-state index is 11.8. The highest BCUT2D eigenvalue weighted by molar-refractivity contribution is 5.94. The number of aromatic nitrogens is 3. The molecule has 2 heterocycles. The lowest BCUT2D eigenvalue weighted by molar-refractivity contribution is 0.0949. The second kappa shape index (κ2) is 5.16. The average Bonchev–Trinajstić information content (AvgIpc) is 2.38. The van der Waals surface area contributed by atoms with Crippen LogP contribution in [0.2, 0.25) is 0 Å². The number of pyridine rings is 1. The van der Waals surface area contributed by atoms with Gasteiger partial charge in [-0.15, -0.1) is 0 Å². The number of carbonyl (C=O) groups is 1. The van der Waals surface area contributed by atoms with Crippen LogP contribution in [-0.2, 0) is 6.54 Å². The molecule has 0 saturated heterocycles. The Kier molecular flexibility index (Phi) is 3.40. The van der Waals surface area contributed by atoms with Crippen LogP contribution in [0.3, 0.4) is 0 Å². The van der Waals surface area contributed by atoms with E-state index in [4.69, 9.17) is 0 Å². The first-order chi connectivity index (χ1) is 8.27. The first-order valence-corrected chi connectivity index (χ1v) is 5.21. The van der Waals surface area contributed by atoms with Gasteiger partial charge in [0.25, 0.3) is 5.91 Å². The molecule has 86 valence electrons. The number of rotatable bonds is 3. The minimum atomic E-state index is -0.174. The molecule has 0 unspecified atom stereocenters. The minimum absolute atomic E-state index is 0.174. The number of amides is 1. The number of aryl methyl sites for hydroxylation is 1. The highest BCUT2D eigenvalue weighted by atomic mass is 16.1. The van der Waals surface area contributed by atoms with Crippen LogP contribution in [-0.4, -0.2) is 20.9 Å². The number of hydrogen-bond donors (Lipinski definition) is 1. The van der Waals surface area contributed by atoms with E-state index < -0.39 is 0 Å². The van der Waals surface area contributed by atoms with Crippen LogP contribution in [0.25, 0.3) is 0 Å². The van der Waals surface area contributed by atoms with Crippen molar-refractivity contribution in [3.8, 4) is 0 Å². The topological polar surface area (TPSA) is 67.8 Å². The van der Waals surface area contributed by atoms with Crippen LogP contribution >= 0.6 is 0 Å². The summed E-state index contributed by atoms with van der Waals surface area (Å²) in [5.41, 5.74) is 2.12. The summed E-state index contributed by atoms with van der Waals surface area (Å²) in [5, 5.41) is 2.80. The van der Waals surface area contributed by atoms with Crippen molar-refractivity contribution in [1.82, 2.24) is 20.3 Å². The summed E-state index contributed by atoms with van der Waals surface area (Å²) < 4.78 is 0. The number of nitrogens with one attached hydrogen (secondary N) is 1. The fourth-order valence-corrected chi connectivity index (χ4v) is 1.39. The Morgan fingerprint density at radius 2 is 2.24 bits per heavy atom. The van der Waals surface area contributed by atoms with Crippen molar-refractivity contribution in [2.24, 2.45) is 0 Å². The van der Waals surface area contributed by atoms with Gasteiger partial charge in [-0.2, -0.15) is 0 Å². The van der Waals surface area contributed by atoms with Gasteiger partial charge in [-0.05, 0) is 18.6 Å². The van der Waals surface area contributed by atoms with Crippen LogP contribution in [0.1, 0.15) is 21.6 Å². The van der Waals surface area contributed by atoms with Gasteiger partial charge in [-0.3, -0.25) is 9.78 Å². The first kappa shape index (κ1) is 11.2. The molecule has 2 aromatic heterocycles.